The Balaban J connectivity index is 1.52. The van der Waals surface area contributed by atoms with Crippen LogP contribution in [-0.4, -0.2) is 47.4 Å². The molecule has 6 heteroatoms. The number of hydrogen-bond acceptors (Lipinski definition) is 5. The van der Waals surface area contributed by atoms with Crippen LogP contribution in [0.25, 0.3) is 0 Å². The molecule has 0 N–H and O–H groups in total. The summed E-state index contributed by atoms with van der Waals surface area (Å²) in [6, 6.07) is 6.45. The van der Waals surface area contributed by atoms with E-state index in [9.17, 15) is 14.4 Å². The molecule has 0 bridgehead atoms. The van der Waals surface area contributed by atoms with Crippen LogP contribution in [0.5, 0.6) is 0 Å². The van der Waals surface area contributed by atoms with E-state index in [1.54, 1.807) is 24.3 Å². The number of nitrogens with zero attached hydrogens (tertiary/aromatic N) is 2. The summed E-state index contributed by atoms with van der Waals surface area (Å²) in [7, 11) is 0. The third-order valence-corrected chi connectivity index (χ3v) is 4.00. The lowest BCUT2D eigenvalue weighted by Crippen LogP contribution is -2.33. The SMILES string of the molecule is O=C(CCCN1CCCC1)ON1C(=O)c2ccccc2C1=O. The zero-order valence-electron chi connectivity index (χ0n) is 12.3. The summed E-state index contributed by atoms with van der Waals surface area (Å²) in [4.78, 5) is 43.2. The van der Waals surface area contributed by atoms with Crippen LogP contribution in [0.2, 0.25) is 0 Å². The van der Waals surface area contributed by atoms with Gasteiger partial charge in [0.25, 0.3) is 11.8 Å². The highest BCUT2D eigenvalue weighted by molar-refractivity contribution is 6.20. The normalized spacial score (nSPS) is 17.9. The van der Waals surface area contributed by atoms with Crippen molar-refractivity contribution in [3.8, 4) is 0 Å². The van der Waals surface area contributed by atoms with Gasteiger partial charge in [0, 0.05) is 6.42 Å². The number of rotatable bonds is 5. The van der Waals surface area contributed by atoms with Gasteiger partial charge in [0.1, 0.15) is 0 Å². The third-order valence-electron chi connectivity index (χ3n) is 4.00. The van der Waals surface area contributed by atoms with Crippen LogP contribution in [0.1, 0.15) is 46.4 Å². The Hall–Kier alpha value is -2.21. The second-order valence-electron chi connectivity index (χ2n) is 5.57. The Kier molecular flexibility index (Phi) is 4.20. The highest BCUT2D eigenvalue weighted by atomic mass is 16.7. The summed E-state index contributed by atoms with van der Waals surface area (Å²) in [5.41, 5.74) is 0.551. The average Bonchev–Trinajstić information content (AvgIpc) is 3.11. The molecule has 1 aromatic rings. The number of fused-ring (bicyclic) bond motifs is 1. The fourth-order valence-electron chi connectivity index (χ4n) is 2.85. The zero-order valence-corrected chi connectivity index (χ0v) is 12.3. The van der Waals surface area contributed by atoms with Crippen molar-refractivity contribution in [2.24, 2.45) is 0 Å². The van der Waals surface area contributed by atoms with E-state index in [2.05, 4.69) is 4.90 Å². The Morgan fingerprint density at radius 1 is 1.05 bits per heavy atom. The molecule has 22 heavy (non-hydrogen) atoms. The predicted molar refractivity (Wildman–Crippen MR) is 77.9 cm³/mol. The second-order valence-corrected chi connectivity index (χ2v) is 5.57. The Morgan fingerprint density at radius 2 is 1.64 bits per heavy atom. The van der Waals surface area contributed by atoms with Crippen molar-refractivity contribution >= 4 is 17.8 Å². The summed E-state index contributed by atoms with van der Waals surface area (Å²) in [5.74, 6) is -1.70. The standard InChI is InChI=1S/C16H18N2O4/c19-14(8-5-11-17-9-3-4-10-17)22-18-15(20)12-6-1-2-7-13(12)16(18)21/h1-2,6-7H,3-5,8-11H2. The highest BCUT2D eigenvalue weighted by Gasteiger charge is 2.38. The third kappa shape index (κ3) is 2.87. The van der Waals surface area contributed by atoms with Crippen LogP contribution in [0.4, 0.5) is 0 Å². The number of amides is 2. The summed E-state index contributed by atoms with van der Waals surface area (Å²) < 4.78 is 0. The Morgan fingerprint density at radius 3 is 2.23 bits per heavy atom. The van der Waals surface area contributed by atoms with Gasteiger partial charge in [0.15, 0.2) is 0 Å². The van der Waals surface area contributed by atoms with Crippen LogP contribution in [0.15, 0.2) is 24.3 Å². The maximum absolute atomic E-state index is 12.0. The largest absolute Gasteiger partial charge is 0.333 e. The van der Waals surface area contributed by atoms with Crippen molar-refractivity contribution in [3.05, 3.63) is 35.4 Å². The minimum absolute atomic E-state index is 0.198. The van der Waals surface area contributed by atoms with Gasteiger partial charge in [-0.1, -0.05) is 17.2 Å². The lowest BCUT2D eigenvalue weighted by molar-refractivity contribution is -0.168. The molecule has 0 spiro atoms. The summed E-state index contributed by atoms with van der Waals surface area (Å²) in [6.45, 7) is 3.00. The van der Waals surface area contributed by atoms with Gasteiger partial charge < -0.3 is 9.74 Å². The maximum Gasteiger partial charge on any atom is 0.333 e. The number of hydroxylamine groups is 2. The van der Waals surface area contributed by atoms with Crippen molar-refractivity contribution in [1.29, 1.82) is 0 Å². The van der Waals surface area contributed by atoms with Crippen LogP contribution in [-0.2, 0) is 9.63 Å². The van der Waals surface area contributed by atoms with Crippen molar-refractivity contribution in [2.45, 2.75) is 25.7 Å². The number of hydrogen-bond donors (Lipinski definition) is 0. The molecule has 0 saturated carbocycles. The summed E-state index contributed by atoms with van der Waals surface area (Å²) >= 11 is 0. The number of carbonyl (C=O) groups is 3. The minimum atomic E-state index is -0.575. The van der Waals surface area contributed by atoms with Crippen LogP contribution in [0.3, 0.4) is 0 Å². The van der Waals surface area contributed by atoms with E-state index in [0.717, 1.165) is 19.6 Å². The number of carbonyl (C=O) groups excluding carboxylic acids is 3. The predicted octanol–water partition coefficient (Wildman–Crippen LogP) is 1.62. The first-order chi connectivity index (χ1) is 10.7. The molecule has 116 valence electrons. The van der Waals surface area contributed by atoms with Crippen molar-refractivity contribution in [3.63, 3.8) is 0 Å². The molecule has 0 unspecified atom stereocenters. The smallest absolute Gasteiger partial charge is 0.330 e. The molecular weight excluding hydrogens is 284 g/mol. The molecule has 3 rings (SSSR count). The van der Waals surface area contributed by atoms with E-state index in [4.69, 9.17) is 4.84 Å². The lowest BCUT2D eigenvalue weighted by Gasteiger charge is -2.15. The van der Waals surface area contributed by atoms with E-state index < -0.39 is 17.8 Å². The maximum atomic E-state index is 12.0. The molecular formula is C16H18N2O4. The van der Waals surface area contributed by atoms with Gasteiger partial charge >= 0.3 is 5.97 Å². The number of imide groups is 1. The first-order valence-corrected chi connectivity index (χ1v) is 7.58. The van der Waals surface area contributed by atoms with Crippen LogP contribution in [0, 0.1) is 0 Å². The van der Waals surface area contributed by atoms with E-state index in [0.29, 0.717) is 11.5 Å². The Bertz CT molecular complexity index is 573. The minimum Gasteiger partial charge on any atom is -0.330 e. The highest BCUT2D eigenvalue weighted by Crippen LogP contribution is 2.22. The number of likely N-dealkylation sites (tertiary alicyclic amines) is 1. The van der Waals surface area contributed by atoms with E-state index in [1.807, 2.05) is 0 Å². The van der Waals surface area contributed by atoms with Gasteiger partial charge in [-0.15, -0.1) is 0 Å². The van der Waals surface area contributed by atoms with E-state index in [1.165, 1.54) is 12.8 Å². The first-order valence-electron chi connectivity index (χ1n) is 7.58. The van der Waals surface area contributed by atoms with Gasteiger partial charge in [-0.3, -0.25) is 9.59 Å². The van der Waals surface area contributed by atoms with E-state index in [-0.39, 0.29) is 17.5 Å². The molecule has 0 atom stereocenters. The molecule has 0 radical (unpaired) electrons. The van der Waals surface area contributed by atoms with Gasteiger partial charge in [-0.05, 0) is 51.0 Å². The van der Waals surface area contributed by atoms with Crippen molar-refractivity contribution in [1.82, 2.24) is 9.96 Å². The monoisotopic (exact) mass is 302 g/mol. The quantitative estimate of drug-likeness (QED) is 0.773. The molecule has 2 aliphatic heterocycles. The fourth-order valence-corrected chi connectivity index (χ4v) is 2.85. The number of benzene rings is 1. The van der Waals surface area contributed by atoms with E-state index >= 15 is 0 Å². The fraction of sp³-hybridized carbons (Fsp3) is 0.438. The molecule has 1 saturated heterocycles. The first kappa shape index (κ1) is 14.7. The molecule has 2 aliphatic rings. The second kappa shape index (κ2) is 6.27. The average molecular weight is 302 g/mol. The van der Waals surface area contributed by atoms with Gasteiger partial charge in [-0.25, -0.2) is 4.79 Å². The summed E-state index contributed by atoms with van der Waals surface area (Å²) in [5, 5.41) is 0.572. The topological polar surface area (TPSA) is 66.9 Å². The molecule has 0 aliphatic carbocycles. The van der Waals surface area contributed by atoms with Crippen LogP contribution < -0.4 is 0 Å². The van der Waals surface area contributed by atoms with Gasteiger partial charge in [0.2, 0.25) is 0 Å². The molecule has 0 aromatic heterocycles. The Labute approximate surface area is 128 Å². The van der Waals surface area contributed by atoms with Crippen molar-refractivity contribution < 1.29 is 19.2 Å². The van der Waals surface area contributed by atoms with Crippen LogP contribution >= 0.6 is 0 Å². The van der Waals surface area contributed by atoms with Crippen molar-refractivity contribution in [2.75, 3.05) is 19.6 Å². The zero-order chi connectivity index (χ0) is 15.5. The molecule has 1 aromatic carbocycles. The lowest BCUT2D eigenvalue weighted by atomic mass is 10.1. The molecule has 6 nitrogen and oxygen atoms in total. The van der Waals surface area contributed by atoms with Gasteiger partial charge in [-0.2, -0.15) is 0 Å². The molecule has 1 fully saturated rings. The summed E-state index contributed by atoms with van der Waals surface area (Å²) in [6.07, 6.45) is 3.28. The molecule has 2 amide bonds. The molecule has 2 heterocycles. The van der Waals surface area contributed by atoms with Gasteiger partial charge in [0.05, 0.1) is 11.1 Å².